The highest BCUT2D eigenvalue weighted by molar-refractivity contribution is 5.80. The zero-order valence-corrected chi connectivity index (χ0v) is 10.5. The molecule has 3 aromatic rings. The number of hydrogen-bond donors (Lipinski definition) is 0. The zero-order valence-electron chi connectivity index (χ0n) is 10.5. The number of pyridine rings is 1. The lowest BCUT2D eigenvalue weighted by molar-refractivity contribution is 0.540. The highest BCUT2D eigenvalue weighted by atomic mass is 19.1. The molecule has 3 heterocycles. The van der Waals surface area contributed by atoms with Gasteiger partial charge in [0.1, 0.15) is 0 Å². The summed E-state index contributed by atoms with van der Waals surface area (Å²) in [6, 6.07) is 7.53. The van der Waals surface area contributed by atoms with Crippen LogP contribution >= 0.6 is 0 Å². The van der Waals surface area contributed by atoms with Crippen molar-refractivity contribution in [1.29, 1.82) is 0 Å². The Morgan fingerprint density at radius 1 is 1.26 bits per heavy atom. The van der Waals surface area contributed by atoms with Gasteiger partial charge in [-0.15, -0.1) is 0 Å². The minimum absolute atomic E-state index is 0.581. The van der Waals surface area contributed by atoms with E-state index in [2.05, 4.69) is 22.0 Å². The summed E-state index contributed by atoms with van der Waals surface area (Å²) in [5.74, 6) is 0. The van der Waals surface area contributed by atoms with Crippen LogP contribution in [0.3, 0.4) is 0 Å². The highest BCUT2D eigenvalue weighted by Crippen LogP contribution is 2.27. The van der Waals surface area contributed by atoms with E-state index in [4.69, 9.17) is 0 Å². The van der Waals surface area contributed by atoms with Gasteiger partial charge >= 0.3 is 6.08 Å². The van der Waals surface area contributed by atoms with Crippen molar-refractivity contribution >= 4 is 5.52 Å². The molecule has 0 amide bonds. The fourth-order valence-corrected chi connectivity index (χ4v) is 2.21. The van der Waals surface area contributed by atoms with E-state index in [1.165, 1.54) is 6.20 Å². The van der Waals surface area contributed by atoms with Gasteiger partial charge in [0, 0.05) is 18.0 Å². The molecule has 5 heteroatoms. The first-order chi connectivity index (χ1) is 9.29. The maximum atomic E-state index is 13.2. The van der Waals surface area contributed by atoms with Crippen molar-refractivity contribution in [2.24, 2.45) is 0 Å². The number of aryl methyl sites for hydroxylation is 1. The largest absolute Gasteiger partial charge is 0.309 e. The molecule has 0 radical (unpaired) electrons. The van der Waals surface area contributed by atoms with E-state index in [0.717, 1.165) is 29.6 Å². The predicted molar refractivity (Wildman–Crippen MR) is 70.2 cm³/mol. The van der Waals surface area contributed by atoms with Crippen LogP contribution in [0.1, 0.15) is 19.0 Å². The molecule has 96 valence electrons. The number of aromatic nitrogens is 4. The second kappa shape index (κ2) is 4.76. The molecule has 0 spiro atoms. The van der Waals surface area contributed by atoms with Crippen LogP contribution < -0.4 is 0 Å². The van der Waals surface area contributed by atoms with E-state index in [0.29, 0.717) is 5.69 Å². The molecule has 0 aliphatic rings. The predicted octanol–water partition coefficient (Wildman–Crippen LogP) is 2.88. The van der Waals surface area contributed by atoms with Crippen LogP contribution in [0.25, 0.3) is 16.8 Å². The summed E-state index contributed by atoms with van der Waals surface area (Å²) in [6.45, 7) is 2.09. The van der Waals surface area contributed by atoms with Crippen molar-refractivity contribution in [2.45, 2.75) is 19.8 Å². The monoisotopic (exact) mass is 256 g/mol. The zero-order chi connectivity index (χ0) is 13.2. The molecule has 0 aliphatic heterocycles. The highest BCUT2D eigenvalue weighted by Gasteiger charge is 2.15. The Morgan fingerprint density at radius 2 is 2.16 bits per heavy atom. The normalized spacial score (nSPS) is 11.1. The van der Waals surface area contributed by atoms with Gasteiger partial charge in [-0.2, -0.15) is 9.49 Å². The maximum Gasteiger partial charge on any atom is 0.309 e. The summed E-state index contributed by atoms with van der Waals surface area (Å²) in [5, 5.41) is 4.54. The van der Waals surface area contributed by atoms with E-state index in [9.17, 15) is 4.39 Å². The van der Waals surface area contributed by atoms with Gasteiger partial charge in [0.25, 0.3) is 0 Å². The Balaban J connectivity index is 2.28. The molecule has 0 saturated carbocycles. The number of fused-ring (bicyclic) bond motifs is 1. The second-order valence-corrected chi connectivity index (χ2v) is 4.31. The van der Waals surface area contributed by atoms with Crippen LogP contribution in [-0.4, -0.2) is 19.6 Å². The molecule has 3 rings (SSSR count). The van der Waals surface area contributed by atoms with Crippen LogP contribution in [0.5, 0.6) is 0 Å². The van der Waals surface area contributed by atoms with E-state index in [-0.39, 0.29) is 0 Å². The average Bonchev–Trinajstić information content (AvgIpc) is 2.77. The Labute approximate surface area is 109 Å². The molecule has 0 fully saturated rings. The third-order valence-corrected chi connectivity index (χ3v) is 2.98. The van der Waals surface area contributed by atoms with E-state index >= 15 is 0 Å². The van der Waals surface area contributed by atoms with Gasteiger partial charge in [0.2, 0.25) is 0 Å². The smallest absolute Gasteiger partial charge is 0.240 e. The van der Waals surface area contributed by atoms with Gasteiger partial charge in [-0.1, -0.05) is 19.4 Å². The second-order valence-electron chi connectivity index (χ2n) is 4.31. The summed E-state index contributed by atoms with van der Waals surface area (Å²) >= 11 is 0. The van der Waals surface area contributed by atoms with Crippen molar-refractivity contribution in [2.75, 3.05) is 0 Å². The molecule has 3 aromatic heterocycles. The fourth-order valence-electron chi connectivity index (χ4n) is 2.21. The number of nitrogens with zero attached hydrogens (tertiary/aromatic N) is 4. The summed E-state index contributed by atoms with van der Waals surface area (Å²) in [5.41, 5.74) is 3.34. The Hall–Kier alpha value is -2.30. The van der Waals surface area contributed by atoms with Crippen LogP contribution in [-0.2, 0) is 6.42 Å². The molecule has 19 heavy (non-hydrogen) atoms. The van der Waals surface area contributed by atoms with E-state index in [1.807, 2.05) is 24.4 Å². The van der Waals surface area contributed by atoms with Gasteiger partial charge in [0.15, 0.2) is 0 Å². The van der Waals surface area contributed by atoms with Crippen LogP contribution in [0, 0.1) is 6.08 Å². The molecule has 0 bridgehead atoms. The maximum absolute atomic E-state index is 13.2. The van der Waals surface area contributed by atoms with Gasteiger partial charge in [-0.3, -0.25) is 0 Å². The van der Waals surface area contributed by atoms with Crippen LogP contribution in [0.4, 0.5) is 4.39 Å². The molecule has 0 atom stereocenters. The summed E-state index contributed by atoms with van der Waals surface area (Å²) < 4.78 is 15.0. The van der Waals surface area contributed by atoms with Crippen LogP contribution in [0.15, 0.2) is 36.7 Å². The number of halogens is 1. The lowest BCUT2D eigenvalue weighted by Crippen LogP contribution is -1.93. The molecule has 0 aliphatic carbocycles. The SMILES string of the molecule is CCCc1nn2ccccc2c1-c1ccnc(F)n1. The van der Waals surface area contributed by atoms with Crippen molar-refractivity contribution in [3.8, 4) is 11.3 Å². The van der Waals surface area contributed by atoms with E-state index < -0.39 is 6.08 Å². The first kappa shape index (κ1) is 11.8. The molecular weight excluding hydrogens is 243 g/mol. The topological polar surface area (TPSA) is 43.1 Å². The molecule has 0 aromatic carbocycles. The van der Waals surface area contributed by atoms with Crippen molar-refractivity contribution in [3.63, 3.8) is 0 Å². The number of hydrogen-bond acceptors (Lipinski definition) is 3. The first-order valence-electron chi connectivity index (χ1n) is 6.24. The van der Waals surface area contributed by atoms with Gasteiger partial charge in [-0.05, 0) is 24.6 Å². The Bertz CT molecular complexity index is 720. The average molecular weight is 256 g/mol. The third kappa shape index (κ3) is 2.07. The lowest BCUT2D eigenvalue weighted by Gasteiger charge is -2.01. The number of rotatable bonds is 3. The van der Waals surface area contributed by atoms with Crippen molar-refractivity contribution < 1.29 is 4.39 Å². The van der Waals surface area contributed by atoms with Gasteiger partial charge in [-0.25, -0.2) is 14.5 Å². The molecule has 0 saturated heterocycles. The standard InChI is InChI=1S/C14H13FN4/c1-2-5-11-13(10-7-8-16-14(15)17-10)12-6-3-4-9-19(12)18-11/h3-4,6-9H,2,5H2,1H3. The van der Waals surface area contributed by atoms with Crippen molar-refractivity contribution in [1.82, 2.24) is 19.6 Å². The minimum Gasteiger partial charge on any atom is -0.240 e. The van der Waals surface area contributed by atoms with Gasteiger partial charge in [0.05, 0.1) is 16.9 Å². The molecule has 0 unspecified atom stereocenters. The van der Waals surface area contributed by atoms with Gasteiger partial charge < -0.3 is 0 Å². The molecular formula is C14H13FN4. The molecule has 0 N–H and O–H groups in total. The third-order valence-electron chi connectivity index (χ3n) is 2.98. The molecule has 4 nitrogen and oxygen atoms in total. The van der Waals surface area contributed by atoms with Crippen LogP contribution in [0.2, 0.25) is 0 Å². The van der Waals surface area contributed by atoms with Crippen molar-refractivity contribution in [3.05, 3.63) is 48.4 Å². The van der Waals surface area contributed by atoms with E-state index in [1.54, 1.807) is 10.6 Å². The Morgan fingerprint density at radius 3 is 2.95 bits per heavy atom. The first-order valence-corrected chi connectivity index (χ1v) is 6.24. The summed E-state index contributed by atoms with van der Waals surface area (Å²) in [7, 11) is 0. The minimum atomic E-state index is -0.713. The fraction of sp³-hybridized carbons (Fsp3) is 0.214. The lowest BCUT2D eigenvalue weighted by atomic mass is 10.1. The quantitative estimate of drug-likeness (QED) is 0.677. The summed E-state index contributed by atoms with van der Waals surface area (Å²) in [6.07, 6.45) is 4.41. The Kier molecular flexibility index (Phi) is 2.95. The summed E-state index contributed by atoms with van der Waals surface area (Å²) in [4.78, 5) is 7.38.